The summed E-state index contributed by atoms with van der Waals surface area (Å²) in [7, 11) is 0. The van der Waals surface area contributed by atoms with Crippen LogP contribution in [-0.4, -0.2) is 195 Å². The molecule has 0 atom stereocenters. The number of ketones is 4. The molecule has 4 fully saturated rings. The number of phenolic OH excluding ortho intramolecular Hbond substituents is 4. The number of hydrogen-bond acceptors (Lipinski definition) is 24. The number of fused-ring (bicyclic) bond motifs is 4. The fourth-order valence-corrected chi connectivity index (χ4v) is 21.9. The summed E-state index contributed by atoms with van der Waals surface area (Å²) in [5.41, 5.74) is 0.485. The van der Waals surface area contributed by atoms with Gasteiger partial charge in [-0.15, -0.1) is 45.3 Å². The van der Waals surface area contributed by atoms with Gasteiger partial charge in [0.25, 0.3) is 0 Å². The van der Waals surface area contributed by atoms with Crippen molar-refractivity contribution in [2.24, 2.45) is 23.7 Å². The van der Waals surface area contributed by atoms with Gasteiger partial charge in [-0.25, -0.2) is 4.39 Å². The zero-order valence-corrected chi connectivity index (χ0v) is 83.9. The smallest absolute Gasteiger partial charge is 0.416 e. The molecule has 12 aromatic carbocycles. The van der Waals surface area contributed by atoms with E-state index in [0.717, 1.165) is 171 Å². The second kappa shape index (κ2) is 49.0. The van der Waals surface area contributed by atoms with E-state index >= 15 is 0 Å². The highest BCUT2D eigenvalue weighted by Gasteiger charge is 2.35. The average molecular weight is 2120 g/mol. The molecule has 0 radical (unpaired) electrons. The molecular formula is C113H100Cl2F8N4O16S4. The van der Waals surface area contributed by atoms with Crippen molar-refractivity contribution in [3.8, 4) is 92.0 Å². The number of ether oxygens (including phenoxy) is 8. The van der Waals surface area contributed by atoms with Gasteiger partial charge in [-0.2, -0.15) is 13.2 Å². The Balaban J connectivity index is 0.000000134. The molecule has 4 aromatic heterocycles. The number of halogens is 10. The third-order valence-electron chi connectivity index (χ3n) is 24.9. The van der Waals surface area contributed by atoms with E-state index in [1.54, 1.807) is 182 Å². The maximum absolute atomic E-state index is 13.4. The molecule has 0 aliphatic carbocycles. The first-order valence-electron chi connectivity index (χ1n) is 47.6. The van der Waals surface area contributed by atoms with E-state index in [-0.39, 0.29) is 107 Å². The lowest BCUT2D eigenvalue weighted by atomic mass is 10.0. The molecular weight excluding hydrogens is 2020 g/mol. The molecule has 20 nitrogen and oxygen atoms in total. The Bertz CT molecular complexity index is 7020. The number of likely N-dealkylation sites (tertiary alicyclic amines) is 4. The van der Waals surface area contributed by atoms with Crippen LogP contribution in [0.2, 0.25) is 10.0 Å². The predicted octanol–water partition coefficient (Wildman–Crippen LogP) is 27.7. The van der Waals surface area contributed by atoms with Crippen LogP contribution in [-0.2, 0) is 6.18 Å². The normalized spacial score (nSPS) is 14.1. The molecule has 762 valence electrons. The molecule has 0 saturated carbocycles. The Labute approximate surface area is 867 Å². The molecule has 8 heterocycles. The Kier molecular flexibility index (Phi) is 35.0. The number of aromatic hydroxyl groups is 4. The summed E-state index contributed by atoms with van der Waals surface area (Å²) in [5, 5.41) is 43.4. The Morgan fingerprint density at radius 3 is 0.837 bits per heavy atom. The molecule has 0 unspecified atom stereocenters. The standard InChI is InChI=1S/C29H25F4NO4S.2C28H25ClFNO4S.C28H25F2NO4S/c30-15-18-16-34(17-18)12-1-13-37-22-7-9-23(10-8-22)38-27-24-11-6-21(35)14-25(24)39-28(27)26(36)19-2-4-20(5-3-19)29(31,32)33;29-20-4-2-19(3-5-20)26(33)28-27(24-11-6-21(32)14-25(24)36-28)35-23-9-7-22(8-10-23)34-13-1-12-31-16-18(15-30)17-31;29-24-5-2-1-4-22(24)26(33)28-27(23-11-6-19(32)14-25(23)36-28)35-21-9-7-20(8-10-21)34-13-3-12-31-16-18(15-30)17-31;29-15-18-16-31(17-18)12-1-13-34-22-7-9-23(10-8-22)35-27-24-11-6-21(32)14-25(24)36-28(27)26(33)19-2-4-20(30)5-3-19/h2-11,14,18,35H,1,12-13,15-17H2;2-11,14,18,32H,1,12-13,15-17H2;1-2,4-11,14,18,32H,3,12-13,15-17H2;2-11,14,18,32H,1,12-13,15-17H2. The number of benzene rings is 12. The second-order valence-electron chi connectivity index (χ2n) is 35.9. The monoisotopic (exact) mass is 2120 g/mol. The minimum absolute atomic E-state index is 0.0154. The van der Waals surface area contributed by atoms with Gasteiger partial charge >= 0.3 is 6.18 Å². The number of hydrogen-bond donors (Lipinski definition) is 4. The first kappa shape index (κ1) is 105. The molecule has 0 amide bonds. The largest absolute Gasteiger partial charge is 0.508 e. The van der Waals surface area contributed by atoms with Gasteiger partial charge < -0.3 is 77.9 Å². The van der Waals surface area contributed by atoms with E-state index in [2.05, 4.69) is 19.6 Å². The Hall–Kier alpha value is -13.4. The fourth-order valence-electron chi connectivity index (χ4n) is 17.1. The summed E-state index contributed by atoms with van der Waals surface area (Å²) in [5.74, 6) is 5.90. The van der Waals surface area contributed by atoms with Crippen molar-refractivity contribution in [1.82, 2.24) is 19.6 Å². The molecule has 4 N–H and O–H groups in total. The molecule has 4 aliphatic rings. The van der Waals surface area contributed by atoms with Crippen molar-refractivity contribution >= 4 is 132 Å². The Morgan fingerprint density at radius 1 is 0.320 bits per heavy atom. The van der Waals surface area contributed by atoms with Crippen LogP contribution in [0.4, 0.5) is 35.1 Å². The highest BCUT2D eigenvalue weighted by atomic mass is 35.5. The summed E-state index contributed by atoms with van der Waals surface area (Å²) in [6, 6.07) is 70.9. The van der Waals surface area contributed by atoms with E-state index in [4.69, 9.17) is 61.1 Å². The van der Waals surface area contributed by atoms with Crippen LogP contribution in [0.5, 0.6) is 92.0 Å². The summed E-state index contributed by atoms with van der Waals surface area (Å²) in [4.78, 5) is 63.6. The summed E-state index contributed by atoms with van der Waals surface area (Å²) in [6.07, 6.45) is -1.07. The third-order valence-corrected chi connectivity index (χ3v) is 30.0. The molecule has 16 aromatic rings. The molecule has 20 rings (SSSR count). The maximum atomic E-state index is 13.4. The zero-order valence-electron chi connectivity index (χ0n) is 79.1. The van der Waals surface area contributed by atoms with Gasteiger partial charge in [0.15, 0.2) is 23.0 Å². The highest BCUT2D eigenvalue weighted by molar-refractivity contribution is 7.22. The summed E-state index contributed by atoms with van der Waals surface area (Å²) >= 11 is 17.1. The van der Waals surface area contributed by atoms with Gasteiger partial charge in [0, 0.05) is 170 Å². The maximum Gasteiger partial charge on any atom is 0.416 e. The highest BCUT2D eigenvalue weighted by Crippen LogP contribution is 2.49. The first-order chi connectivity index (χ1) is 71.2. The molecule has 34 heteroatoms. The first-order valence-corrected chi connectivity index (χ1v) is 51.6. The Morgan fingerprint density at radius 2 is 0.571 bits per heavy atom. The van der Waals surface area contributed by atoms with Crippen molar-refractivity contribution in [2.45, 2.75) is 31.9 Å². The number of alkyl halides is 7. The van der Waals surface area contributed by atoms with Crippen LogP contribution in [0.3, 0.4) is 0 Å². The number of carbonyl (C=O) groups is 4. The molecule has 0 spiro atoms. The fraction of sp³-hybridized carbons (Fsp3) is 0.257. The van der Waals surface area contributed by atoms with Crippen LogP contribution >= 0.6 is 68.5 Å². The van der Waals surface area contributed by atoms with Crippen LogP contribution in [0.25, 0.3) is 40.3 Å². The third kappa shape index (κ3) is 27.0. The summed E-state index contributed by atoms with van der Waals surface area (Å²) in [6.45, 7) is 11.4. The number of thiophene rings is 4. The topological polar surface area (TPSA) is 236 Å². The van der Waals surface area contributed by atoms with Crippen LogP contribution < -0.4 is 37.9 Å². The minimum atomic E-state index is -4.50. The van der Waals surface area contributed by atoms with E-state index in [9.17, 15) is 74.7 Å². The quantitative estimate of drug-likeness (QED) is 0.0159. The van der Waals surface area contributed by atoms with Crippen molar-refractivity contribution in [3.05, 3.63) is 330 Å². The van der Waals surface area contributed by atoms with Gasteiger partial charge in [0.05, 0.1) is 63.7 Å². The van der Waals surface area contributed by atoms with Gasteiger partial charge in [-0.1, -0.05) is 47.5 Å². The number of carbonyl (C=O) groups excluding carboxylic acids is 4. The van der Waals surface area contributed by atoms with Gasteiger partial charge in [-0.3, -0.25) is 36.7 Å². The lowest BCUT2D eigenvalue weighted by molar-refractivity contribution is -0.137. The molecule has 147 heavy (non-hydrogen) atoms. The zero-order chi connectivity index (χ0) is 103. The van der Waals surface area contributed by atoms with E-state index < -0.39 is 23.3 Å². The van der Waals surface area contributed by atoms with Crippen molar-refractivity contribution in [2.75, 3.05) is 132 Å². The second-order valence-corrected chi connectivity index (χ2v) is 40.9. The van der Waals surface area contributed by atoms with Crippen LogP contribution in [0, 0.1) is 29.5 Å². The van der Waals surface area contributed by atoms with Gasteiger partial charge in [-0.05, 0) is 268 Å². The summed E-state index contributed by atoms with van der Waals surface area (Å²) < 4.78 is 153. The molecule has 0 bridgehead atoms. The number of phenols is 4. The lowest BCUT2D eigenvalue weighted by Gasteiger charge is -2.37. The molecule has 4 saturated heterocycles. The lowest BCUT2D eigenvalue weighted by Crippen LogP contribution is -2.48. The van der Waals surface area contributed by atoms with Crippen molar-refractivity contribution < 1.29 is 113 Å². The minimum Gasteiger partial charge on any atom is -0.508 e. The van der Waals surface area contributed by atoms with Gasteiger partial charge in [0.2, 0.25) is 23.1 Å². The number of rotatable bonds is 40. The SMILES string of the molecule is O=C(c1ccc(C(F)(F)F)cc1)c1sc2cc(O)ccc2c1Oc1ccc(OCCCN2CC(CF)C2)cc1.O=C(c1ccc(Cl)cc1)c1sc2cc(O)ccc2c1Oc1ccc(OCCCN2CC(CF)C2)cc1.O=C(c1ccc(F)cc1)c1sc2cc(O)ccc2c1Oc1ccc(OCCCN2CC(CF)C2)cc1.O=C(c1ccccc1Cl)c1sc2cc(O)ccc2c1Oc1ccc(OCCCN2CC(CF)C2)cc1. The van der Waals surface area contributed by atoms with Crippen LogP contribution in [0.15, 0.2) is 267 Å². The van der Waals surface area contributed by atoms with E-state index in [1.807, 2.05) is 24.3 Å². The predicted molar refractivity (Wildman–Crippen MR) is 559 cm³/mol. The van der Waals surface area contributed by atoms with Crippen LogP contribution in [0.1, 0.15) is 92.2 Å². The van der Waals surface area contributed by atoms with Crippen molar-refractivity contribution in [1.29, 1.82) is 0 Å². The van der Waals surface area contributed by atoms with Crippen molar-refractivity contribution in [3.63, 3.8) is 0 Å². The van der Waals surface area contributed by atoms with Gasteiger partial charge in [0.1, 0.15) is 94.3 Å². The van der Waals surface area contributed by atoms with E-state index in [1.165, 1.54) is 70.4 Å². The average Bonchev–Trinajstić information content (AvgIpc) is 1.64. The number of nitrogens with zero attached hydrogens (tertiary/aromatic N) is 4. The van der Waals surface area contributed by atoms with E-state index in [0.29, 0.717) is 140 Å². The molecule has 4 aliphatic heterocycles.